The summed E-state index contributed by atoms with van der Waals surface area (Å²) >= 11 is 0. The Labute approximate surface area is 145 Å². The van der Waals surface area contributed by atoms with Crippen LogP contribution in [0.5, 0.6) is 0 Å². The molecular weight excluding hydrogens is 300 g/mol. The number of hydrogen-bond acceptors (Lipinski definition) is 4. The van der Waals surface area contributed by atoms with Crippen LogP contribution in [0.15, 0.2) is 24.4 Å². The number of rotatable bonds is 4. The van der Waals surface area contributed by atoms with Crippen molar-refractivity contribution >= 4 is 5.91 Å². The molecule has 5 heteroatoms. The highest BCUT2D eigenvalue weighted by Gasteiger charge is 2.49. The molecule has 1 aromatic heterocycles. The van der Waals surface area contributed by atoms with Crippen molar-refractivity contribution in [3.63, 3.8) is 0 Å². The molecule has 1 aromatic rings. The Morgan fingerprint density at radius 3 is 2.54 bits per heavy atom. The summed E-state index contributed by atoms with van der Waals surface area (Å²) in [5.41, 5.74) is 0.825. The molecular formula is C19H30N4O. The number of nitrogens with zero attached hydrogens (tertiary/aromatic N) is 4. The van der Waals surface area contributed by atoms with E-state index < -0.39 is 0 Å². The Hall–Kier alpha value is -1.46. The zero-order chi connectivity index (χ0) is 17.2. The number of hydrogen-bond donors (Lipinski definition) is 0. The maximum Gasteiger partial charge on any atom is 0.243 e. The molecule has 2 aliphatic rings. The molecule has 0 N–H and O–H groups in total. The summed E-state index contributed by atoms with van der Waals surface area (Å²) in [5, 5.41) is 0. The quantitative estimate of drug-likeness (QED) is 0.845. The molecule has 0 aromatic carbocycles. The van der Waals surface area contributed by atoms with Gasteiger partial charge in [-0.05, 0) is 37.9 Å². The summed E-state index contributed by atoms with van der Waals surface area (Å²) in [7, 11) is 2.12. The molecule has 132 valence electrons. The molecule has 2 fully saturated rings. The Balaban J connectivity index is 1.65. The molecule has 3 rings (SSSR count). The van der Waals surface area contributed by atoms with Crippen molar-refractivity contribution in [2.45, 2.75) is 38.8 Å². The van der Waals surface area contributed by atoms with Gasteiger partial charge in [0, 0.05) is 45.5 Å². The Morgan fingerprint density at radius 1 is 1.17 bits per heavy atom. The van der Waals surface area contributed by atoms with Gasteiger partial charge in [0.05, 0.1) is 5.69 Å². The van der Waals surface area contributed by atoms with Crippen LogP contribution >= 0.6 is 0 Å². The minimum Gasteiger partial charge on any atom is -0.340 e. The summed E-state index contributed by atoms with van der Waals surface area (Å²) in [6, 6.07) is 6.07. The second-order valence-corrected chi connectivity index (χ2v) is 7.70. The lowest BCUT2D eigenvalue weighted by Gasteiger charge is -2.52. The van der Waals surface area contributed by atoms with Crippen LogP contribution in [0.3, 0.4) is 0 Å². The van der Waals surface area contributed by atoms with Crippen molar-refractivity contribution in [2.24, 2.45) is 5.92 Å². The fraction of sp³-hybridized carbons (Fsp3) is 0.684. The number of piperazine rings is 1. The molecule has 5 nitrogen and oxygen atoms in total. The first kappa shape index (κ1) is 17.4. The fourth-order valence-electron chi connectivity index (χ4n) is 4.06. The van der Waals surface area contributed by atoms with E-state index in [4.69, 9.17) is 0 Å². The first-order valence-corrected chi connectivity index (χ1v) is 9.14. The molecule has 2 saturated heterocycles. The maximum absolute atomic E-state index is 13.2. The van der Waals surface area contributed by atoms with E-state index in [1.165, 1.54) is 0 Å². The highest BCUT2D eigenvalue weighted by Crippen LogP contribution is 2.33. The van der Waals surface area contributed by atoms with Crippen molar-refractivity contribution in [1.29, 1.82) is 0 Å². The lowest BCUT2D eigenvalue weighted by molar-refractivity contribution is -0.155. The molecule has 0 unspecified atom stereocenters. The van der Waals surface area contributed by atoms with E-state index in [0.29, 0.717) is 11.8 Å². The predicted molar refractivity (Wildman–Crippen MR) is 95.5 cm³/mol. The highest BCUT2D eigenvalue weighted by atomic mass is 16.2. The standard InChI is InChI=1S/C19H30N4O/c1-16(2)14-23-13-12-21(3)19(18(23)24)7-10-22(11-8-19)15-17-6-4-5-9-20-17/h4-6,9,16H,7-8,10-15H2,1-3H3. The third kappa shape index (κ3) is 3.47. The minimum atomic E-state index is -0.284. The SMILES string of the molecule is CC(C)CN1CCN(C)C2(CCN(Cc3ccccn3)CC2)C1=O. The minimum absolute atomic E-state index is 0.284. The van der Waals surface area contributed by atoms with Gasteiger partial charge in [-0.2, -0.15) is 0 Å². The van der Waals surface area contributed by atoms with Crippen LogP contribution in [-0.4, -0.2) is 70.9 Å². The van der Waals surface area contributed by atoms with E-state index in [0.717, 1.165) is 57.8 Å². The van der Waals surface area contributed by atoms with Crippen LogP contribution < -0.4 is 0 Å². The predicted octanol–water partition coefficient (Wildman–Crippen LogP) is 1.85. The highest BCUT2D eigenvalue weighted by molar-refractivity contribution is 5.87. The van der Waals surface area contributed by atoms with Crippen molar-refractivity contribution in [2.75, 3.05) is 39.8 Å². The topological polar surface area (TPSA) is 39.7 Å². The largest absolute Gasteiger partial charge is 0.340 e. The average Bonchev–Trinajstić information content (AvgIpc) is 2.58. The van der Waals surface area contributed by atoms with Gasteiger partial charge in [0.2, 0.25) is 5.91 Å². The Kier molecular flexibility index (Phi) is 5.21. The van der Waals surface area contributed by atoms with Gasteiger partial charge in [-0.15, -0.1) is 0 Å². The van der Waals surface area contributed by atoms with Crippen LogP contribution in [0.2, 0.25) is 0 Å². The van der Waals surface area contributed by atoms with E-state index in [-0.39, 0.29) is 5.54 Å². The lowest BCUT2D eigenvalue weighted by Crippen LogP contribution is -2.67. The first-order valence-electron chi connectivity index (χ1n) is 9.14. The average molecular weight is 330 g/mol. The van der Waals surface area contributed by atoms with Gasteiger partial charge in [-0.1, -0.05) is 19.9 Å². The van der Waals surface area contributed by atoms with Crippen LogP contribution in [0, 0.1) is 5.92 Å². The molecule has 24 heavy (non-hydrogen) atoms. The molecule has 2 aliphatic heterocycles. The van der Waals surface area contributed by atoms with Crippen LogP contribution in [-0.2, 0) is 11.3 Å². The number of likely N-dealkylation sites (N-methyl/N-ethyl adjacent to an activating group) is 1. The molecule has 3 heterocycles. The van der Waals surface area contributed by atoms with Crippen LogP contribution in [0.4, 0.5) is 0 Å². The Bertz CT molecular complexity index is 552. The fourth-order valence-corrected chi connectivity index (χ4v) is 4.06. The van der Waals surface area contributed by atoms with E-state index in [1.807, 2.05) is 18.3 Å². The summed E-state index contributed by atoms with van der Waals surface area (Å²) in [4.78, 5) is 24.4. The molecule has 0 saturated carbocycles. The second kappa shape index (κ2) is 7.19. The van der Waals surface area contributed by atoms with Crippen molar-refractivity contribution < 1.29 is 4.79 Å². The number of carbonyl (C=O) groups is 1. The molecule has 0 radical (unpaired) electrons. The second-order valence-electron chi connectivity index (χ2n) is 7.70. The normalized spacial score (nSPS) is 22.5. The summed E-state index contributed by atoms with van der Waals surface area (Å²) in [5.74, 6) is 0.876. The number of amides is 1. The summed E-state index contributed by atoms with van der Waals surface area (Å²) in [6.07, 6.45) is 3.69. The van der Waals surface area contributed by atoms with E-state index in [1.54, 1.807) is 0 Å². The van der Waals surface area contributed by atoms with Crippen molar-refractivity contribution in [3.05, 3.63) is 30.1 Å². The molecule has 1 spiro atoms. The van der Waals surface area contributed by atoms with Gasteiger partial charge in [0.15, 0.2) is 0 Å². The van der Waals surface area contributed by atoms with Gasteiger partial charge in [0.1, 0.15) is 5.54 Å². The third-order valence-corrected chi connectivity index (χ3v) is 5.50. The van der Waals surface area contributed by atoms with Gasteiger partial charge >= 0.3 is 0 Å². The maximum atomic E-state index is 13.2. The van der Waals surface area contributed by atoms with Gasteiger partial charge in [-0.3, -0.25) is 19.6 Å². The van der Waals surface area contributed by atoms with E-state index in [2.05, 4.69) is 46.6 Å². The third-order valence-electron chi connectivity index (χ3n) is 5.50. The lowest BCUT2D eigenvalue weighted by atomic mass is 9.82. The number of carbonyl (C=O) groups excluding carboxylic acids is 1. The molecule has 0 atom stereocenters. The monoisotopic (exact) mass is 330 g/mol. The first-order chi connectivity index (χ1) is 11.5. The number of pyridine rings is 1. The number of likely N-dealkylation sites (tertiary alicyclic amines) is 1. The smallest absolute Gasteiger partial charge is 0.243 e. The van der Waals surface area contributed by atoms with Gasteiger partial charge in [-0.25, -0.2) is 0 Å². The van der Waals surface area contributed by atoms with Gasteiger partial charge in [0.25, 0.3) is 0 Å². The molecule has 1 amide bonds. The van der Waals surface area contributed by atoms with Gasteiger partial charge < -0.3 is 4.90 Å². The zero-order valence-corrected chi connectivity index (χ0v) is 15.2. The van der Waals surface area contributed by atoms with Crippen molar-refractivity contribution in [1.82, 2.24) is 19.7 Å². The number of piperidine rings is 1. The van der Waals surface area contributed by atoms with Crippen LogP contribution in [0.25, 0.3) is 0 Å². The Morgan fingerprint density at radius 2 is 1.92 bits per heavy atom. The zero-order valence-electron chi connectivity index (χ0n) is 15.2. The molecule has 0 bridgehead atoms. The number of aromatic nitrogens is 1. The van der Waals surface area contributed by atoms with E-state index in [9.17, 15) is 4.79 Å². The van der Waals surface area contributed by atoms with E-state index >= 15 is 0 Å². The molecule has 0 aliphatic carbocycles. The van der Waals surface area contributed by atoms with Crippen LogP contribution in [0.1, 0.15) is 32.4 Å². The summed E-state index contributed by atoms with van der Waals surface area (Å²) in [6.45, 7) is 9.91. The summed E-state index contributed by atoms with van der Waals surface area (Å²) < 4.78 is 0. The van der Waals surface area contributed by atoms with Crippen molar-refractivity contribution in [3.8, 4) is 0 Å².